The summed E-state index contributed by atoms with van der Waals surface area (Å²) in [5.41, 5.74) is 8.85. The van der Waals surface area contributed by atoms with Crippen LogP contribution in [-0.4, -0.2) is 18.8 Å². The number of hydrogen-bond acceptors (Lipinski definition) is 2. The highest BCUT2D eigenvalue weighted by atomic mass is 35.5. The molecule has 0 heterocycles. The molecule has 0 saturated carbocycles. The lowest BCUT2D eigenvalue weighted by molar-refractivity contribution is 0.400. The van der Waals surface area contributed by atoms with Crippen LogP contribution in [0.25, 0.3) is 0 Å². The molecule has 106 valence electrons. The van der Waals surface area contributed by atoms with Gasteiger partial charge in [-0.3, -0.25) is 0 Å². The lowest BCUT2D eigenvalue weighted by Gasteiger charge is -2.19. The lowest BCUT2D eigenvalue weighted by atomic mass is 9.93. The number of ether oxygens (including phenoxy) is 1. The van der Waals surface area contributed by atoms with Crippen LogP contribution in [0.4, 0.5) is 5.69 Å². The van der Waals surface area contributed by atoms with E-state index in [2.05, 4.69) is 32.7 Å². The van der Waals surface area contributed by atoms with Gasteiger partial charge in [0.1, 0.15) is 11.6 Å². The standard InChI is InChI=1S/C15H23ClN2O/c1-9(2)12-6-11(18-14(17)8-16)7-13(10(3)4)15(12)19-5/h6-7,9-10H,8H2,1-5H3,(H2,17,18). The Hall–Kier alpha value is -1.22. The minimum Gasteiger partial charge on any atom is -0.496 e. The number of nitrogens with zero attached hydrogens (tertiary/aromatic N) is 1. The second kappa shape index (κ2) is 6.80. The van der Waals surface area contributed by atoms with Gasteiger partial charge in [0.2, 0.25) is 0 Å². The monoisotopic (exact) mass is 282 g/mol. The molecule has 4 heteroatoms. The highest BCUT2D eigenvalue weighted by Gasteiger charge is 2.16. The van der Waals surface area contributed by atoms with Crippen LogP contribution >= 0.6 is 11.6 Å². The second-order valence-corrected chi connectivity index (χ2v) is 5.47. The van der Waals surface area contributed by atoms with Crippen molar-refractivity contribution in [3.63, 3.8) is 0 Å². The molecule has 0 spiro atoms. The van der Waals surface area contributed by atoms with Crippen LogP contribution < -0.4 is 10.5 Å². The molecule has 0 radical (unpaired) electrons. The smallest absolute Gasteiger partial charge is 0.125 e. The van der Waals surface area contributed by atoms with Gasteiger partial charge < -0.3 is 10.5 Å². The molecule has 2 N–H and O–H groups in total. The molecule has 0 saturated heterocycles. The first-order valence-electron chi connectivity index (χ1n) is 6.51. The minimum atomic E-state index is 0.236. The van der Waals surface area contributed by atoms with E-state index in [1.165, 1.54) is 0 Å². The summed E-state index contributed by atoms with van der Waals surface area (Å²) in [6, 6.07) is 4.05. The molecule has 1 aromatic rings. The summed E-state index contributed by atoms with van der Waals surface area (Å²) >= 11 is 5.68. The van der Waals surface area contributed by atoms with Crippen molar-refractivity contribution in [1.82, 2.24) is 0 Å². The zero-order chi connectivity index (χ0) is 14.6. The Labute approximate surface area is 120 Å². The first-order chi connectivity index (χ1) is 8.90. The van der Waals surface area contributed by atoms with Gasteiger partial charge in [0.25, 0.3) is 0 Å². The number of hydrogen-bond donors (Lipinski definition) is 1. The summed E-state index contributed by atoms with van der Waals surface area (Å²) < 4.78 is 5.58. The second-order valence-electron chi connectivity index (χ2n) is 5.20. The SMILES string of the molecule is COc1c(C(C)C)cc(N=C(N)CCl)cc1C(C)C. The Kier molecular flexibility index (Phi) is 5.67. The molecule has 0 aromatic heterocycles. The number of aliphatic imine (C=N–C) groups is 1. The van der Waals surface area contributed by atoms with Gasteiger partial charge in [-0.25, -0.2) is 4.99 Å². The third kappa shape index (κ3) is 3.87. The fourth-order valence-corrected chi connectivity index (χ4v) is 2.07. The molecular formula is C15H23ClN2O. The van der Waals surface area contributed by atoms with Gasteiger partial charge in [-0.1, -0.05) is 27.7 Å². The van der Waals surface area contributed by atoms with Crippen LogP contribution in [0.3, 0.4) is 0 Å². The molecule has 0 fully saturated rings. The summed E-state index contributed by atoms with van der Waals surface area (Å²) in [5, 5.41) is 0. The van der Waals surface area contributed by atoms with E-state index in [-0.39, 0.29) is 5.88 Å². The molecule has 0 unspecified atom stereocenters. The van der Waals surface area contributed by atoms with E-state index in [0.29, 0.717) is 17.7 Å². The number of methoxy groups -OCH3 is 1. The van der Waals surface area contributed by atoms with E-state index >= 15 is 0 Å². The van der Waals surface area contributed by atoms with E-state index in [9.17, 15) is 0 Å². The van der Waals surface area contributed by atoms with E-state index in [1.807, 2.05) is 12.1 Å². The summed E-state index contributed by atoms with van der Waals surface area (Å²) in [6.45, 7) is 8.56. The Balaban J connectivity index is 3.45. The molecule has 0 aliphatic carbocycles. The number of nitrogens with two attached hydrogens (primary N) is 1. The van der Waals surface area contributed by atoms with Crippen molar-refractivity contribution in [2.24, 2.45) is 10.7 Å². The van der Waals surface area contributed by atoms with Crippen LogP contribution in [0.2, 0.25) is 0 Å². The Morgan fingerprint density at radius 1 is 1.21 bits per heavy atom. The Morgan fingerprint density at radius 2 is 1.68 bits per heavy atom. The van der Waals surface area contributed by atoms with Gasteiger partial charge >= 0.3 is 0 Å². The molecule has 3 nitrogen and oxygen atoms in total. The number of alkyl halides is 1. The maximum atomic E-state index is 5.71. The number of rotatable bonds is 5. The lowest BCUT2D eigenvalue weighted by Crippen LogP contribution is -2.12. The molecule has 0 bridgehead atoms. The fourth-order valence-electron chi connectivity index (χ4n) is 2.01. The van der Waals surface area contributed by atoms with Crippen molar-refractivity contribution in [2.75, 3.05) is 13.0 Å². The first kappa shape index (κ1) is 15.8. The normalized spacial score (nSPS) is 12.3. The third-order valence-corrected chi connectivity index (χ3v) is 3.26. The van der Waals surface area contributed by atoms with Gasteiger partial charge in [-0.2, -0.15) is 0 Å². The summed E-state index contributed by atoms with van der Waals surface area (Å²) in [7, 11) is 1.71. The zero-order valence-corrected chi connectivity index (χ0v) is 13.1. The summed E-state index contributed by atoms with van der Waals surface area (Å²) in [6.07, 6.45) is 0. The van der Waals surface area contributed by atoms with E-state index < -0.39 is 0 Å². The van der Waals surface area contributed by atoms with Crippen molar-refractivity contribution < 1.29 is 4.74 Å². The average Bonchev–Trinajstić information content (AvgIpc) is 2.37. The quantitative estimate of drug-likeness (QED) is 0.500. The molecule has 1 aromatic carbocycles. The van der Waals surface area contributed by atoms with E-state index in [1.54, 1.807) is 7.11 Å². The van der Waals surface area contributed by atoms with E-state index in [4.69, 9.17) is 22.1 Å². The van der Waals surface area contributed by atoms with E-state index in [0.717, 1.165) is 22.6 Å². The van der Waals surface area contributed by atoms with Crippen LogP contribution in [0.5, 0.6) is 5.75 Å². The third-order valence-electron chi connectivity index (χ3n) is 2.99. The minimum absolute atomic E-state index is 0.236. The molecule has 0 aliphatic rings. The van der Waals surface area contributed by atoms with Gasteiger partial charge in [-0.15, -0.1) is 11.6 Å². The summed E-state index contributed by atoms with van der Waals surface area (Å²) in [4.78, 5) is 4.35. The predicted octanol–water partition coefficient (Wildman–Crippen LogP) is 4.17. The number of benzene rings is 1. The van der Waals surface area contributed by atoms with Gasteiger partial charge in [-0.05, 0) is 35.1 Å². The molecule has 0 atom stereocenters. The van der Waals surface area contributed by atoms with Crippen LogP contribution in [0.15, 0.2) is 17.1 Å². The Bertz CT molecular complexity index is 438. The Morgan fingerprint density at radius 3 is 2.00 bits per heavy atom. The highest BCUT2D eigenvalue weighted by molar-refractivity contribution is 6.28. The molecule has 1 rings (SSSR count). The van der Waals surface area contributed by atoms with Gasteiger partial charge in [0.05, 0.1) is 18.7 Å². The zero-order valence-electron chi connectivity index (χ0n) is 12.3. The summed E-state index contributed by atoms with van der Waals surface area (Å²) in [5.74, 6) is 2.34. The van der Waals surface area contributed by atoms with Gasteiger partial charge in [0, 0.05) is 0 Å². The van der Waals surface area contributed by atoms with Crippen molar-refractivity contribution >= 4 is 23.1 Å². The van der Waals surface area contributed by atoms with Crippen LogP contribution in [0.1, 0.15) is 50.7 Å². The number of amidine groups is 1. The van der Waals surface area contributed by atoms with Crippen molar-refractivity contribution in [1.29, 1.82) is 0 Å². The van der Waals surface area contributed by atoms with Crippen molar-refractivity contribution in [2.45, 2.75) is 39.5 Å². The highest BCUT2D eigenvalue weighted by Crippen LogP contribution is 2.38. The fraction of sp³-hybridized carbons (Fsp3) is 0.533. The van der Waals surface area contributed by atoms with Crippen molar-refractivity contribution in [3.05, 3.63) is 23.3 Å². The maximum Gasteiger partial charge on any atom is 0.125 e. The average molecular weight is 283 g/mol. The molecule has 0 aliphatic heterocycles. The maximum absolute atomic E-state index is 5.71. The molecular weight excluding hydrogens is 260 g/mol. The molecule has 19 heavy (non-hydrogen) atoms. The van der Waals surface area contributed by atoms with Gasteiger partial charge in [0.15, 0.2) is 0 Å². The number of halogens is 1. The molecule has 0 amide bonds. The van der Waals surface area contributed by atoms with Crippen LogP contribution in [0, 0.1) is 0 Å². The predicted molar refractivity (Wildman–Crippen MR) is 83.2 cm³/mol. The largest absolute Gasteiger partial charge is 0.496 e. The van der Waals surface area contributed by atoms with Crippen molar-refractivity contribution in [3.8, 4) is 5.75 Å². The topological polar surface area (TPSA) is 47.6 Å². The van der Waals surface area contributed by atoms with Crippen LogP contribution in [-0.2, 0) is 0 Å². The first-order valence-corrected chi connectivity index (χ1v) is 7.05.